The lowest BCUT2D eigenvalue weighted by Gasteiger charge is -2.15. The van der Waals surface area contributed by atoms with Gasteiger partial charge in [0.05, 0.1) is 0 Å². The summed E-state index contributed by atoms with van der Waals surface area (Å²) in [5, 5.41) is 8.91. The van der Waals surface area contributed by atoms with Crippen molar-refractivity contribution in [2.24, 2.45) is 5.41 Å². The van der Waals surface area contributed by atoms with Crippen LogP contribution in [0.15, 0.2) is 30.3 Å². The van der Waals surface area contributed by atoms with E-state index in [2.05, 4.69) is 16.0 Å². The van der Waals surface area contributed by atoms with E-state index in [1.165, 1.54) is 12.8 Å². The highest BCUT2D eigenvalue weighted by Crippen LogP contribution is 2.44. The van der Waals surface area contributed by atoms with Crippen LogP contribution in [0.1, 0.15) is 12.8 Å². The molecule has 2 amide bonds. The van der Waals surface area contributed by atoms with Gasteiger partial charge in [0.25, 0.3) is 0 Å². The Balaban J connectivity index is 1.75. The molecule has 0 saturated heterocycles. The molecule has 0 heterocycles. The molecule has 3 N–H and O–H groups in total. The highest BCUT2D eigenvalue weighted by molar-refractivity contribution is 5.89. The maximum absolute atomic E-state index is 11.6. The molecule has 1 aliphatic rings. The predicted molar refractivity (Wildman–Crippen MR) is 69.1 cm³/mol. The zero-order valence-corrected chi connectivity index (χ0v) is 10.1. The summed E-state index contributed by atoms with van der Waals surface area (Å²) in [5.41, 5.74) is 1.12. The Labute approximate surface area is 102 Å². The van der Waals surface area contributed by atoms with Gasteiger partial charge in [0.1, 0.15) is 0 Å². The molecule has 0 bridgehead atoms. The molecular weight excluding hydrogens is 214 g/mol. The summed E-state index contributed by atoms with van der Waals surface area (Å²) in [7, 11) is 1.95. The van der Waals surface area contributed by atoms with Crippen molar-refractivity contribution >= 4 is 11.7 Å². The first-order valence-corrected chi connectivity index (χ1v) is 5.99. The largest absolute Gasteiger partial charge is 0.337 e. The van der Waals surface area contributed by atoms with Gasteiger partial charge in [-0.1, -0.05) is 18.2 Å². The molecule has 2 rings (SSSR count). The van der Waals surface area contributed by atoms with Crippen molar-refractivity contribution in [3.05, 3.63) is 30.3 Å². The van der Waals surface area contributed by atoms with Crippen LogP contribution in [-0.2, 0) is 0 Å². The number of nitrogens with one attached hydrogen (secondary N) is 3. The van der Waals surface area contributed by atoms with E-state index in [9.17, 15) is 4.79 Å². The molecular formula is C13H19N3O. The van der Waals surface area contributed by atoms with Crippen LogP contribution in [-0.4, -0.2) is 26.2 Å². The Hall–Kier alpha value is -1.55. The number of amides is 2. The molecule has 17 heavy (non-hydrogen) atoms. The Bertz CT molecular complexity index is 374. The normalized spacial score (nSPS) is 16.3. The third kappa shape index (κ3) is 3.46. The molecule has 4 nitrogen and oxygen atoms in total. The summed E-state index contributed by atoms with van der Waals surface area (Å²) >= 11 is 0. The maximum atomic E-state index is 11.6. The number of rotatable bonds is 5. The van der Waals surface area contributed by atoms with Gasteiger partial charge >= 0.3 is 6.03 Å². The van der Waals surface area contributed by atoms with E-state index in [4.69, 9.17) is 0 Å². The third-order valence-corrected chi connectivity index (χ3v) is 3.16. The Morgan fingerprint density at radius 2 is 1.94 bits per heavy atom. The second kappa shape index (κ2) is 5.19. The number of para-hydroxylation sites is 1. The van der Waals surface area contributed by atoms with Crippen molar-refractivity contribution < 1.29 is 4.79 Å². The molecule has 1 fully saturated rings. The van der Waals surface area contributed by atoms with Crippen LogP contribution in [0.4, 0.5) is 10.5 Å². The van der Waals surface area contributed by atoms with Gasteiger partial charge in [0.15, 0.2) is 0 Å². The minimum Gasteiger partial charge on any atom is -0.337 e. The molecule has 0 radical (unpaired) electrons. The van der Waals surface area contributed by atoms with E-state index >= 15 is 0 Å². The molecule has 1 aliphatic carbocycles. The minimum atomic E-state index is -0.126. The first-order chi connectivity index (χ1) is 8.24. The second-order valence-corrected chi connectivity index (χ2v) is 4.70. The van der Waals surface area contributed by atoms with Crippen LogP contribution in [0, 0.1) is 5.41 Å². The fraction of sp³-hybridized carbons (Fsp3) is 0.462. The van der Waals surface area contributed by atoms with Crippen molar-refractivity contribution in [1.82, 2.24) is 10.6 Å². The molecule has 1 aromatic rings. The van der Waals surface area contributed by atoms with Crippen LogP contribution in [0.5, 0.6) is 0 Å². The van der Waals surface area contributed by atoms with E-state index in [1.54, 1.807) is 0 Å². The third-order valence-electron chi connectivity index (χ3n) is 3.16. The van der Waals surface area contributed by atoms with Gasteiger partial charge in [-0.15, -0.1) is 0 Å². The Morgan fingerprint density at radius 1 is 1.24 bits per heavy atom. The van der Waals surface area contributed by atoms with Gasteiger partial charge in [-0.2, -0.15) is 0 Å². The maximum Gasteiger partial charge on any atom is 0.319 e. The monoisotopic (exact) mass is 233 g/mol. The minimum absolute atomic E-state index is 0.126. The number of benzene rings is 1. The van der Waals surface area contributed by atoms with Gasteiger partial charge < -0.3 is 16.0 Å². The van der Waals surface area contributed by atoms with Crippen LogP contribution >= 0.6 is 0 Å². The van der Waals surface area contributed by atoms with Gasteiger partial charge in [-0.3, -0.25) is 0 Å². The highest BCUT2D eigenvalue weighted by Gasteiger charge is 2.41. The van der Waals surface area contributed by atoms with Gasteiger partial charge in [0.2, 0.25) is 0 Å². The second-order valence-electron chi connectivity index (χ2n) is 4.70. The molecule has 1 aromatic carbocycles. The SMILES string of the molecule is CNCC1(CNC(=O)Nc2ccccc2)CC1. The smallest absolute Gasteiger partial charge is 0.319 e. The topological polar surface area (TPSA) is 53.2 Å². The van der Waals surface area contributed by atoms with Crippen molar-refractivity contribution in [1.29, 1.82) is 0 Å². The summed E-state index contributed by atoms with van der Waals surface area (Å²) in [6.07, 6.45) is 2.39. The number of hydrogen-bond acceptors (Lipinski definition) is 2. The molecule has 0 aliphatic heterocycles. The highest BCUT2D eigenvalue weighted by atomic mass is 16.2. The molecule has 0 unspecified atom stereocenters. The lowest BCUT2D eigenvalue weighted by molar-refractivity contribution is 0.249. The van der Waals surface area contributed by atoms with Crippen LogP contribution in [0.25, 0.3) is 0 Å². The van der Waals surface area contributed by atoms with E-state index < -0.39 is 0 Å². The van der Waals surface area contributed by atoms with Crippen LogP contribution in [0.3, 0.4) is 0 Å². The molecule has 1 saturated carbocycles. The quantitative estimate of drug-likeness (QED) is 0.726. The molecule has 4 heteroatoms. The van der Waals surface area contributed by atoms with Gasteiger partial charge in [0, 0.05) is 24.2 Å². The molecule has 0 spiro atoms. The van der Waals surface area contributed by atoms with Crippen LogP contribution < -0.4 is 16.0 Å². The first-order valence-electron chi connectivity index (χ1n) is 5.99. The Kier molecular flexibility index (Phi) is 3.64. The fourth-order valence-corrected chi connectivity index (χ4v) is 1.93. The lowest BCUT2D eigenvalue weighted by atomic mass is 10.1. The van der Waals surface area contributed by atoms with E-state index in [1.807, 2.05) is 37.4 Å². The lowest BCUT2D eigenvalue weighted by Crippen LogP contribution is -2.37. The van der Waals surface area contributed by atoms with Crippen molar-refractivity contribution in [3.8, 4) is 0 Å². The molecule has 0 aromatic heterocycles. The van der Waals surface area contributed by atoms with Crippen molar-refractivity contribution in [2.75, 3.05) is 25.5 Å². The van der Waals surface area contributed by atoms with Gasteiger partial charge in [-0.25, -0.2) is 4.79 Å². The number of anilines is 1. The average molecular weight is 233 g/mol. The summed E-state index contributed by atoms with van der Waals surface area (Å²) in [5.74, 6) is 0. The standard InChI is InChI=1S/C13H19N3O/c1-14-9-13(7-8-13)10-15-12(17)16-11-5-3-2-4-6-11/h2-6,14H,7-10H2,1H3,(H2,15,16,17). The summed E-state index contributed by atoms with van der Waals surface area (Å²) in [6.45, 7) is 1.71. The van der Waals surface area contributed by atoms with E-state index in [0.717, 1.165) is 18.8 Å². The predicted octanol–water partition coefficient (Wildman–Crippen LogP) is 1.81. The number of hydrogen-bond donors (Lipinski definition) is 3. The average Bonchev–Trinajstić information content (AvgIpc) is 3.09. The van der Waals surface area contributed by atoms with Crippen molar-refractivity contribution in [3.63, 3.8) is 0 Å². The summed E-state index contributed by atoms with van der Waals surface area (Å²) in [6, 6.07) is 9.35. The van der Waals surface area contributed by atoms with E-state index in [-0.39, 0.29) is 6.03 Å². The zero-order valence-electron chi connectivity index (χ0n) is 10.1. The zero-order chi connectivity index (χ0) is 12.1. The van der Waals surface area contributed by atoms with E-state index in [0.29, 0.717) is 5.41 Å². The van der Waals surface area contributed by atoms with Gasteiger partial charge in [-0.05, 0) is 32.0 Å². The molecule has 92 valence electrons. The summed E-state index contributed by atoms with van der Waals surface area (Å²) < 4.78 is 0. The summed E-state index contributed by atoms with van der Waals surface area (Å²) in [4.78, 5) is 11.6. The number of carbonyl (C=O) groups is 1. The number of urea groups is 1. The number of carbonyl (C=O) groups excluding carboxylic acids is 1. The van der Waals surface area contributed by atoms with Crippen molar-refractivity contribution in [2.45, 2.75) is 12.8 Å². The van der Waals surface area contributed by atoms with Crippen LogP contribution in [0.2, 0.25) is 0 Å². The Morgan fingerprint density at radius 3 is 2.53 bits per heavy atom. The fourth-order valence-electron chi connectivity index (χ4n) is 1.93. The molecule has 0 atom stereocenters. The first kappa shape index (κ1) is 11.9.